The van der Waals surface area contributed by atoms with Crippen LogP contribution >= 0.6 is 0 Å². The predicted octanol–water partition coefficient (Wildman–Crippen LogP) is 3.71. The molecule has 1 aromatic carbocycles. The van der Waals surface area contributed by atoms with E-state index in [9.17, 15) is 0 Å². The van der Waals surface area contributed by atoms with Crippen molar-refractivity contribution in [1.29, 1.82) is 0 Å². The van der Waals surface area contributed by atoms with Crippen LogP contribution in [0, 0.1) is 11.8 Å². The molecule has 3 rings (SSSR count). The average molecular weight is 259 g/mol. The number of benzene rings is 1. The highest BCUT2D eigenvalue weighted by Crippen LogP contribution is 2.42. The van der Waals surface area contributed by atoms with Gasteiger partial charge in [-0.1, -0.05) is 31.5 Å². The topological polar surface area (TPSA) is 21.3 Å². The Morgan fingerprint density at radius 2 is 2.21 bits per heavy atom. The fourth-order valence-corrected chi connectivity index (χ4v) is 3.86. The summed E-state index contributed by atoms with van der Waals surface area (Å²) < 4.78 is 5.98. The molecule has 1 aliphatic carbocycles. The highest BCUT2D eigenvalue weighted by molar-refractivity contribution is 5.44. The van der Waals surface area contributed by atoms with Gasteiger partial charge in [0.2, 0.25) is 0 Å². The molecule has 2 aliphatic rings. The van der Waals surface area contributed by atoms with Crippen LogP contribution in [0.15, 0.2) is 18.2 Å². The normalized spacial score (nSPS) is 27.7. The van der Waals surface area contributed by atoms with E-state index in [1.807, 2.05) is 0 Å². The zero-order chi connectivity index (χ0) is 13.2. The van der Waals surface area contributed by atoms with Crippen molar-refractivity contribution in [3.05, 3.63) is 29.3 Å². The Kier molecular flexibility index (Phi) is 3.79. The molecule has 2 heteroatoms. The molecule has 104 valence electrons. The molecule has 0 radical (unpaired) electrons. The molecule has 0 saturated heterocycles. The van der Waals surface area contributed by atoms with E-state index in [0.29, 0.717) is 6.04 Å². The summed E-state index contributed by atoms with van der Waals surface area (Å²) in [6.07, 6.45) is 6.38. The SMILES string of the molecule is CNC(c1cccc2c1OCCC2)C1CCC(C)C1. The molecule has 1 aliphatic heterocycles. The Labute approximate surface area is 116 Å². The summed E-state index contributed by atoms with van der Waals surface area (Å²) in [5.41, 5.74) is 2.79. The van der Waals surface area contributed by atoms with Gasteiger partial charge in [-0.25, -0.2) is 0 Å². The summed E-state index contributed by atoms with van der Waals surface area (Å²) in [5.74, 6) is 2.81. The Balaban J connectivity index is 1.91. The van der Waals surface area contributed by atoms with E-state index >= 15 is 0 Å². The molecule has 3 unspecified atom stereocenters. The maximum Gasteiger partial charge on any atom is 0.127 e. The van der Waals surface area contributed by atoms with Crippen LogP contribution in [-0.4, -0.2) is 13.7 Å². The first kappa shape index (κ1) is 13.0. The van der Waals surface area contributed by atoms with Gasteiger partial charge in [0, 0.05) is 11.6 Å². The molecule has 1 N–H and O–H groups in total. The summed E-state index contributed by atoms with van der Waals surface area (Å²) in [6.45, 7) is 3.26. The molecular formula is C17H25NO. The Hall–Kier alpha value is -1.02. The largest absolute Gasteiger partial charge is 0.493 e. The minimum absolute atomic E-state index is 0.456. The minimum atomic E-state index is 0.456. The lowest BCUT2D eigenvalue weighted by Gasteiger charge is -2.28. The second kappa shape index (κ2) is 5.54. The molecule has 0 bridgehead atoms. The van der Waals surface area contributed by atoms with Gasteiger partial charge in [0.25, 0.3) is 0 Å². The number of aryl methyl sites for hydroxylation is 1. The van der Waals surface area contributed by atoms with Crippen LogP contribution in [-0.2, 0) is 6.42 Å². The number of nitrogens with one attached hydrogen (secondary N) is 1. The number of hydrogen-bond acceptors (Lipinski definition) is 2. The smallest absolute Gasteiger partial charge is 0.127 e. The van der Waals surface area contributed by atoms with E-state index in [2.05, 4.69) is 37.5 Å². The molecule has 1 fully saturated rings. The van der Waals surface area contributed by atoms with Crippen molar-refractivity contribution < 1.29 is 4.74 Å². The number of ether oxygens (including phenoxy) is 1. The van der Waals surface area contributed by atoms with E-state index in [4.69, 9.17) is 4.74 Å². The Morgan fingerprint density at radius 3 is 2.95 bits per heavy atom. The molecule has 0 spiro atoms. The molecule has 3 atom stereocenters. The third-order valence-electron chi connectivity index (χ3n) is 4.82. The zero-order valence-corrected chi connectivity index (χ0v) is 12.1. The second-order valence-electron chi connectivity index (χ2n) is 6.23. The van der Waals surface area contributed by atoms with E-state index in [1.165, 1.54) is 42.6 Å². The maximum absolute atomic E-state index is 5.98. The highest BCUT2D eigenvalue weighted by atomic mass is 16.5. The number of para-hydroxylation sites is 1. The van der Waals surface area contributed by atoms with E-state index in [0.717, 1.165) is 24.9 Å². The Morgan fingerprint density at radius 1 is 1.32 bits per heavy atom. The van der Waals surface area contributed by atoms with Crippen LogP contribution < -0.4 is 10.1 Å². The summed E-state index contributed by atoms with van der Waals surface area (Å²) >= 11 is 0. The van der Waals surface area contributed by atoms with Crippen molar-refractivity contribution in [3.8, 4) is 5.75 Å². The van der Waals surface area contributed by atoms with Gasteiger partial charge < -0.3 is 10.1 Å². The molecule has 1 saturated carbocycles. The van der Waals surface area contributed by atoms with Crippen molar-refractivity contribution >= 4 is 0 Å². The van der Waals surface area contributed by atoms with Gasteiger partial charge in [-0.2, -0.15) is 0 Å². The second-order valence-corrected chi connectivity index (χ2v) is 6.23. The first-order valence-electron chi connectivity index (χ1n) is 7.71. The number of rotatable bonds is 3. The van der Waals surface area contributed by atoms with Gasteiger partial charge in [0.15, 0.2) is 0 Å². The van der Waals surface area contributed by atoms with Gasteiger partial charge in [-0.05, 0) is 50.1 Å². The lowest BCUT2D eigenvalue weighted by Crippen LogP contribution is -2.25. The van der Waals surface area contributed by atoms with E-state index < -0.39 is 0 Å². The lowest BCUT2D eigenvalue weighted by atomic mass is 9.88. The first-order valence-corrected chi connectivity index (χ1v) is 7.71. The summed E-state index contributed by atoms with van der Waals surface area (Å²) in [6, 6.07) is 7.14. The number of hydrogen-bond donors (Lipinski definition) is 1. The molecule has 0 aromatic heterocycles. The average Bonchev–Trinajstić information content (AvgIpc) is 2.86. The highest BCUT2D eigenvalue weighted by Gasteiger charge is 2.31. The van der Waals surface area contributed by atoms with Gasteiger partial charge in [-0.15, -0.1) is 0 Å². The molecule has 0 amide bonds. The molecule has 1 aromatic rings. The van der Waals surface area contributed by atoms with Crippen LogP contribution in [0.4, 0.5) is 0 Å². The molecule has 1 heterocycles. The van der Waals surface area contributed by atoms with Crippen LogP contribution in [0.5, 0.6) is 5.75 Å². The van der Waals surface area contributed by atoms with Crippen molar-refractivity contribution in [1.82, 2.24) is 5.32 Å². The van der Waals surface area contributed by atoms with Crippen LogP contribution in [0.3, 0.4) is 0 Å². The fourth-order valence-electron chi connectivity index (χ4n) is 3.86. The van der Waals surface area contributed by atoms with Gasteiger partial charge in [-0.3, -0.25) is 0 Å². The van der Waals surface area contributed by atoms with Crippen LogP contribution in [0.1, 0.15) is 49.8 Å². The quantitative estimate of drug-likeness (QED) is 0.893. The third-order valence-corrected chi connectivity index (χ3v) is 4.82. The van der Waals surface area contributed by atoms with Crippen LogP contribution in [0.25, 0.3) is 0 Å². The lowest BCUT2D eigenvalue weighted by molar-refractivity contribution is 0.275. The molecule has 2 nitrogen and oxygen atoms in total. The van der Waals surface area contributed by atoms with Crippen LogP contribution in [0.2, 0.25) is 0 Å². The molecule has 19 heavy (non-hydrogen) atoms. The fraction of sp³-hybridized carbons (Fsp3) is 0.647. The maximum atomic E-state index is 5.98. The summed E-state index contributed by atoms with van der Waals surface area (Å²) in [5, 5.41) is 3.55. The first-order chi connectivity index (χ1) is 9.29. The Bertz CT molecular complexity index is 443. The minimum Gasteiger partial charge on any atom is -0.493 e. The van der Waals surface area contributed by atoms with Crippen molar-refractivity contribution in [3.63, 3.8) is 0 Å². The van der Waals surface area contributed by atoms with E-state index in [1.54, 1.807) is 0 Å². The van der Waals surface area contributed by atoms with Crippen molar-refractivity contribution in [2.24, 2.45) is 11.8 Å². The predicted molar refractivity (Wildman–Crippen MR) is 78.6 cm³/mol. The standard InChI is InChI=1S/C17H25NO/c1-12-8-9-14(11-12)16(18-2)15-7-3-5-13-6-4-10-19-17(13)15/h3,5,7,12,14,16,18H,4,6,8-11H2,1-2H3. The molecular weight excluding hydrogens is 234 g/mol. The van der Waals surface area contributed by atoms with Gasteiger partial charge in [0.05, 0.1) is 6.61 Å². The summed E-state index contributed by atoms with van der Waals surface area (Å²) in [7, 11) is 2.09. The van der Waals surface area contributed by atoms with Gasteiger partial charge in [0.1, 0.15) is 5.75 Å². The zero-order valence-electron chi connectivity index (χ0n) is 12.1. The summed E-state index contributed by atoms with van der Waals surface area (Å²) in [4.78, 5) is 0. The monoisotopic (exact) mass is 259 g/mol. The van der Waals surface area contributed by atoms with Crippen molar-refractivity contribution in [2.45, 2.75) is 45.1 Å². The van der Waals surface area contributed by atoms with Gasteiger partial charge >= 0.3 is 0 Å². The van der Waals surface area contributed by atoms with Crippen molar-refractivity contribution in [2.75, 3.05) is 13.7 Å². The third kappa shape index (κ3) is 2.51. The van der Waals surface area contributed by atoms with E-state index in [-0.39, 0.29) is 0 Å². The number of fused-ring (bicyclic) bond motifs is 1.